The van der Waals surface area contributed by atoms with Gasteiger partial charge >= 0.3 is 12.3 Å². The molecule has 0 saturated carbocycles. The fourth-order valence-electron chi connectivity index (χ4n) is 3.42. The minimum atomic E-state index is -4.51. The largest absolute Gasteiger partial charge is 0.508 e. The van der Waals surface area contributed by atoms with E-state index in [-0.39, 0.29) is 35.8 Å². The molecule has 0 unspecified atom stereocenters. The predicted octanol–water partition coefficient (Wildman–Crippen LogP) is 6.02. The molecule has 2 aromatic rings. The first kappa shape index (κ1) is 21.3. The van der Waals surface area contributed by atoms with Gasteiger partial charge in [-0.15, -0.1) is 0 Å². The Hall–Kier alpha value is -2.41. The second-order valence-corrected chi connectivity index (χ2v) is 8.40. The molecular weight excluding hydrogens is 407 g/mol. The molecule has 156 valence electrons. The van der Waals surface area contributed by atoms with Crippen molar-refractivity contribution in [3.63, 3.8) is 0 Å². The van der Waals surface area contributed by atoms with Crippen molar-refractivity contribution in [2.75, 3.05) is 6.54 Å². The number of hydrogen-bond donors (Lipinski definition) is 1. The Kier molecular flexibility index (Phi) is 5.47. The number of alkyl halides is 3. The minimum Gasteiger partial charge on any atom is -0.508 e. The topological polar surface area (TPSA) is 49.8 Å². The van der Waals surface area contributed by atoms with Crippen molar-refractivity contribution < 1.29 is 27.8 Å². The van der Waals surface area contributed by atoms with E-state index in [1.807, 2.05) is 0 Å². The normalized spacial score (nSPS) is 14.5. The van der Waals surface area contributed by atoms with E-state index in [2.05, 4.69) is 0 Å². The quantitative estimate of drug-likeness (QED) is 0.605. The minimum absolute atomic E-state index is 0.0310. The lowest BCUT2D eigenvalue weighted by molar-refractivity contribution is -0.138. The Morgan fingerprint density at radius 2 is 1.83 bits per heavy atom. The van der Waals surface area contributed by atoms with Crippen molar-refractivity contribution in [1.82, 2.24) is 4.90 Å². The third-order valence-electron chi connectivity index (χ3n) is 4.56. The van der Waals surface area contributed by atoms with Crippen molar-refractivity contribution >= 4 is 17.7 Å². The van der Waals surface area contributed by atoms with E-state index in [0.29, 0.717) is 16.7 Å². The van der Waals surface area contributed by atoms with Crippen LogP contribution in [0.25, 0.3) is 11.1 Å². The number of halogens is 4. The molecule has 1 N–H and O–H groups in total. The first-order valence-electron chi connectivity index (χ1n) is 9.05. The maximum atomic E-state index is 13.5. The Bertz CT molecular complexity index is 931. The summed E-state index contributed by atoms with van der Waals surface area (Å²) in [4.78, 5) is 13.9. The highest BCUT2D eigenvalue weighted by atomic mass is 35.5. The number of ether oxygens (including phenoxy) is 1. The smallest absolute Gasteiger partial charge is 0.416 e. The van der Waals surface area contributed by atoms with Crippen molar-refractivity contribution in [2.45, 2.75) is 45.5 Å². The molecule has 0 aliphatic carbocycles. The van der Waals surface area contributed by atoms with Gasteiger partial charge in [-0.05, 0) is 73.7 Å². The highest BCUT2D eigenvalue weighted by Gasteiger charge is 2.37. The van der Waals surface area contributed by atoms with Crippen molar-refractivity contribution in [3.8, 4) is 16.9 Å². The number of rotatable bonds is 1. The van der Waals surface area contributed by atoms with Crippen molar-refractivity contribution in [1.29, 1.82) is 0 Å². The summed E-state index contributed by atoms with van der Waals surface area (Å²) in [7, 11) is 0. The maximum Gasteiger partial charge on any atom is 0.416 e. The molecule has 0 bridgehead atoms. The van der Waals surface area contributed by atoms with Gasteiger partial charge < -0.3 is 14.7 Å². The van der Waals surface area contributed by atoms with Crippen LogP contribution in [0.4, 0.5) is 18.0 Å². The van der Waals surface area contributed by atoms with Gasteiger partial charge in [-0.3, -0.25) is 0 Å². The number of fused-ring (bicyclic) bond motifs is 1. The van der Waals surface area contributed by atoms with E-state index in [4.69, 9.17) is 16.3 Å². The van der Waals surface area contributed by atoms with E-state index in [9.17, 15) is 23.1 Å². The van der Waals surface area contributed by atoms with Crippen LogP contribution in [0.5, 0.6) is 5.75 Å². The summed E-state index contributed by atoms with van der Waals surface area (Å²) in [5, 5.41) is 10.1. The average molecular weight is 428 g/mol. The third-order valence-corrected chi connectivity index (χ3v) is 4.78. The summed E-state index contributed by atoms with van der Waals surface area (Å²) in [6.07, 6.45) is -5.04. The lowest BCUT2D eigenvalue weighted by atomic mass is 9.87. The Morgan fingerprint density at radius 1 is 1.14 bits per heavy atom. The highest BCUT2D eigenvalue weighted by Crippen LogP contribution is 2.41. The summed E-state index contributed by atoms with van der Waals surface area (Å²) < 4.78 is 46.0. The van der Waals surface area contributed by atoms with E-state index in [0.717, 1.165) is 6.07 Å². The van der Waals surface area contributed by atoms with Gasteiger partial charge in [0.1, 0.15) is 11.4 Å². The Balaban J connectivity index is 2.10. The van der Waals surface area contributed by atoms with Crippen LogP contribution in [-0.4, -0.2) is 28.2 Å². The summed E-state index contributed by atoms with van der Waals surface area (Å²) in [5.41, 5.74) is 0.0523. The van der Waals surface area contributed by atoms with Gasteiger partial charge in [0.05, 0.1) is 5.56 Å². The van der Waals surface area contributed by atoms with Gasteiger partial charge in [-0.25, -0.2) is 4.79 Å². The lowest BCUT2D eigenvalue weighted by Crippen LogP contribution is -2.40. The van der Waals surface area contributed by atoms with Crippen LogP contribution in [-0.2, 0) is 23.9 Å². The van der Waals surface area contributed by atoms with Crippen LogP contribution in [0.2, 0.25) is 5.02 Å². The Labute approximate surface area is 171 Å². The lowest BCUT2D eigenvalue weighted by Gasteiger charge is -2.33. The van der Waals surface area contributed by atoms with Gasteiger partial charge in [-0.1, -0.05) is 17.7 Å². The zero-order chi connectivity index (χ0) is 21.6. The first-order valence-corrected chi connectivity index (χ1v) is 9.43. The molecule has 0 fully saturated rings. The summed E-state index contributed by atoms with van der Waals surface area (Å²) in [6.45, 7) is 5.27. The number of hydrogen-bond acceptors (Lipinski definition) is 3. The highest BCUT2D eigenvalue weighted by molar-refractivity contribution is 6.31. The van der Waals surface area contributed by atoms with Crippen molar-refractivity contribution in [3.05, 3.63) is 52.0 Å². The second kappa shape index (κ2) is 7.44. The summed E-state index contributed by atoms with van der Waals surface area (Å²) in [5.74, 6) is -0.0963. The van der Waals surface area contributed by atoms with Gasteiger partial charge in [0.2, 0.25) is 0 Å². The van der Waals surface area contributed by atoms with E-state index >= 15 is 0 Å². The van der Waals surface area contributed by atoms with Crippen LogP contribution >= 0.6 is 11.6 Å². The number of phenolic OH excluding ortho intramolecular Hbond substituents is 1. The van der Waals surface area contributed by atoms with Crippen LogP contribution in [0.3, 0.4) is 0 Å². The number of carbonyl (C=O) groups is 1. The number of benzene rings is 2. The maximum absolute atomic E-state index is 13.5. The fourth-order valence-corrected chi connectivity index (χ4v) is 3.65. The van der Waals surface area contributed by atoms with Gasteiger partial charge in [-0.2, -0.15) is 13.2 Å². The molecule has 2 aromatic carbocycles. The van der Waals surface area contributed by atoms with Crippen LogP contribution in [0.1, 0.15) is 37.5 Å². The molecule has 1 amide bonds. The molecule has 0 saturated heterocycles. The number of aromatic hydroxyl groups is 1. The molecule has 29 heavy (non-hydrogen) atoms. The molecule has 8 heteroatoms. The fraction of sp³-hybridized carbons (Fsp3) is 0.381. The molecule has 3 rings (SSSR count). The van der Waals surface area contributed by atoms with Gasteiger partial charge in [0, 0.05) is 18.1 Å². The number of carbonyl (C=O) groups excluding carboxylic acids is 1. The van der Waals surface area contributed by atoms with Gasteiger partial charge in [0.25, 0.3) is 0 Å². The van der Waals surface area contributed by atoms with Crippen LogP contribution in [0.15, 0.2) is 30.3 Å². The van der Waals surface area contributed by atoms with E-state index < -0.39 is 23.4 Å². The molecule has 0 aromatic heterocycles. The first-order chi connectivity index (χ1) is 13.3. The molecule has 0 atom stereocenters. The molecular formula is C21H21ClF3NO3. The zero-order valence-corrected chi connectivity index (χ0v) is 17.0. The van der Waals surface area contributed by atoms with E-state index in [1.54, 1.807) is 26.8 Å². The summed E-state index contributed by atoms with van der Waals surface area (Å²) in [6, 6.07) is 6.73. The SMILES string of the molecule is CC(C)(C)OC(=O)N1CCc2c(C(F)(F)F)ccc(-c3cc(O)cc(Cl)c3)c2C1. The molecule has 1 aliphatic rings. The molecule has 1 aliphatic heterocycles. The van der Waals surface area contributed by atoms with Crippen LogP contribution < -0.4 is 0 Å². The predicted molar refractivity (Wildman–Crippen MR) is 104 cm³/mol. The Morgan fingerprint density at radius 3 is 2.41 bits per heavy atom. The summed E-state index contributed by atoms with van der Waals surface area (Å²) >= 11 is 6.01. The third kappa shape index (κ3) is 4.78. The number of amides is 1. The van der Waals surface area contributed by atoms with E-state index in [1.165, 1.54) is 23.1 Å². The number of nitrogens with zero attached hydrogens (tertiary/aromatic N) is 1. The second-order valence-electron chi connectivity index (χ2n) is 7.97. The molecule has 1 heterocycles. The molecule has 0 spiro atoms. The molecule has 4 nitrogen and oxygen atoms in total. The number of phenols is 1. The van der Waals surface area contributed by atoms with Gasteiger partial charge in [0.15, 0.2) is 0 Å². The standard InChI is InChI=1S/C21H21ClF3NO3/c1-20(2,3)29-19(28)26-7-6-16-17(11-26)15(4-5-18(16)21(23,24)25)12-8-13(22)10-14(27)9-12/h4-5,8-10,27H,6-7,11H2,1-3H3. The molecule has 0 radical (unpaired) electrons. The van der Waals surface area contributed by atoms with Crippen LogP contribution in [0, 0.1) is 0 Å². The monoisotopic (exact) mass is 427 g/mol. The average Bonchev–Trinajstić information content (AvgIpc) is 2.57. The zero-order valence-electron chi connectivity index (χ0n) is 16.2. The van der Waals surface area contributed by atoms with Crippen molar-refractivity contribution in [2.24, 2.45) is 0 Å².